The molecule has 3 N–H and O–H groups in total. The summed E-state index contributed by atoms with van der Waals surface area (Å²) in [7, 11) is 0. The van der Waals surface area contributed by atoms with E-state index in [9.17, 15) is 4.79 Å². The lowest BCUT2D eigenvalue weighted by Gasteiger charge is -2.01. The molecule has 1 atom stereocenters. The average molecular weight is 129 g/mol. The summed E-state index contributed by atoms with van der Waals surface area (Å²) in [5.41, 5.74) is 5.08. The molecule has 0 saturated carbocycles. The smallest absolute Gasteiger partial charge is 0.183 e. The van der Waals surface area contributed by atoms with Gasteiger partial charge in [-0.2, -0.15) is 0 Å². The molecular weight excluding hydrogens is 118 g/mol. The minimum absolute atomic E-state index is 0.310. The number of nitrogens with two attached hydrogens (primary N) is 1. The Morgan fingerprint density at radius 3 is 2.78 bits per heavy atom. The fraction of sp³-hybridized carbons (Fsp3) is 0.500. The first kappa shape index (κ1) is 8.33. The maximum absolute atomic E-state index is 10.5. The highest BCUT2D eigenvalue weighted by Gasteiger charge is 2.08. The van der Waals surface area contributed by atoms with Crippen LogP contribution in [0.2, 0.25) is 0 Å². The van der Waals surface area contributed by atoms with E-state index in [4.69, 9.17) is 10.8 Å². The van der Waals surface area contributed by atoms with Crippen molar-refractivity contribution in [1.82, 2.24) is 0 Å². The number of aliphatic hydroxyl groups excluding tert-OH is 1. The minimum Gasteiger partial charge on any atom is -0.385 e. The lowest BCUT2D eigenvalue weighted by atomic mass is 10.2. The van der Waals surface area contributed by atoms with Gasteiger partial charge in [0.15, 0.2) is 5.78 Å². The topological polar surface area (TPSA) is 63.3 Å². The van der Waals surface area contributed by atoms with Gasteiger partial charge in [-0.3, -0.25) is 4.79 Å². The van der Waals surface area contributed by atoms with Crippen molar-refractivity contribution in [1.29, 1.82) is 0 Å². The molecule has 0 aliphatic rings. The molecule has 0 bridgehead atoms. The molecule has 3 nitrogen and oxygen atoms in total. The molecule has 52 valence electrons. The fourth-order valence-corrected chi connectivity index (χ4v) is 0.436. The van der Waals surface area contributed by atoms with Gasteiger partial charge >= 0.3 is 0 Å². The zero-order chi connectivity index (χ0) is 7.28. The third kappa shape index (κ3) is 3.00. The largest absolute Gasteiger partial charge is 0.385 e. The van der Waals surface area contributed by atoms with Gasteiger partial charge in [0, 0.05) is 0 Å². The monoisotopic (exact) mass is 129 g/mol. The molecule has 3 heteroatoms. The van der Waals surface area contributed by atoms with E-state index in [-0.39, 0.29) is 5.78 Å². The van der Waals surface area contributed by atoms with E-state index in [2.05, 4.69) is 6.58 Å². The van der Waals surface area contributed by atoms with Gasteiger partial charge < -0.3 is 10.8 Å². The number of hydrogen-bond donors (Lipinski definition) is 2. The standard InChI is InChI=1S/C6H11NO2/c1-2-5(8)6(9)3-4-7/h2,6,9H,1,3-4,7H2. The SMILES string of the molecule is C=CC(=O)C(O)CCN. The summed E-state index contributed by atoms with van der Waals surface area (Å²) in [5.74, 6) is -0.361. The van der Waals surface area contributed by atoms with Crippen LogP contribution in [0, 0.1) is 0 Å². The van der Waals surface area contributed by atoms with Crippen molar-refractivity contribution >= 4 is 5.78 Å². The number of hydrogen-bond acceptors (Lipinski definition) is 3. The predicted molar refractivity (Wildman–Crippen MR) is 34.9 cm³/mol. The van der Waals surface area contributed by atoms with Crippen LogP contribution in [0.4, 0.5) is 0 Å². The van der Waals surface area contributed by atoms with E-state index in [0.717, 1.165) is 6.08 Å². The van der Waals surface area contributed by atoms with Crippen molar-refractivity contribution in [2.24, 2.45) is 5.73 Å². The predicted octanol–water partition coefficient (Wildman–Crippen LogP) is -0.549. The Morgan fingerprint density at radius 1 is 1.89 bits per heavy atom. The maximum atomic E-state index is 10.5. The number of aliphatic hydroxyl groups is 1. The molecule has 0 aromatic heterocycles. The first-order valence-electron chi connectivity index (χ1n) is 2.76. The molecule has 0 aliphatic carbocycles. The average Bonchev–Trinajstić information content (AvgIpc) is 1.87. The van der Waals surface area contributed by atoms with Gasteiger partial charge in [0.25, 0.3) is 0 Å². The fourth-order valence-electron chi connectivity index (χ4n) is 0.436. The van der Waals surface area contributed by atoms with Crippen molar-refractivity contribution in [3.63, 3.8) is 0 Å². The lowest BCUT2D eigenvalue weighted by molar-refractivity contribution is -0.122. The molecule has 0 fully saturated rings. The maximum Gasteiger partial charge on any atom is 0.183 e. The highest BCUT2D eigenvalue weighted by molar-refractivity contribution is 5.92. The van der Waals surface area contributed by atoms with Crippen molar-refractivity contribution in [3.05, 3.63) is 12.7 Å². The third-order valence-corrected chi connectivity index (χ3v) is 0.970. The van der Waals surface area contributed by atoms with Crippen LogP contribution in [-0.2, 0) is 4.79 Å². The quantitative estimate of drug-likeness (QED) is 0.501. The molecule has 0 spiro atoms. The molecule has 0 rings (SSSR count). The number of ketones is 1. The second-order valence-corrected chi connectivity index (χ2v) is 1.70. The molecule has 1 unspecified atom stereocenters. The lowest BCUT2D eigenvalue weighted by Crippen LogP contribution is -2.21. The van der Waals surface area contributed by atoms with E-state index in [1.54, 1.807) is 0 Å². The third-order valence-electron chi connectivity index (χ3n) is 0.970. The Hall–Kier alpha value is -0.670. The van der Waals surface area contributed by atoms with Gasteiger partial charge in [-0.05, 0) is 19.0 Å². The number of carbonyl (C=O) groups excluding carboxylic acids is 1. The summed E-state index contributed by atoms with van der Waals surface area (Å²) >= 11 is 0. The normalized spacial score (nSPS) is 12.7. The Labute approximate surface area is 54.2 Å². The van der Waals surface area contributed by atoms with Crippen molar-refractivity contribution < 1.29 is 9.90 Å². The molecule has 0 heterocycles. The molecule has 0 aromatic rings. The van der Waals surface area contributed by atoms with Crippen LogP contribution >= 0.6 is 0 Å². The van der Waals surface area contributed by atoms with Gasteiger partial charge in [0.2, 0.25) is 0 Å². The molecule has 0 aliphatic heterocycles. The van der Waals surface area contributed by atoms with Crippen LogP contribution in [0.25, 0.3) is 0 Å². The zero-order valence-corrected chi connectivity index (χ0v) is 5.21. The highest BCUT2D eigenvalue weighted by Crippen LogP contribution is 1.90. The summed E-state index contributed by atoms with van der Waals surface area (Å²) < 4.78 is 0. The molecule has 0 amide bonds. The van der Waals surface area contributed by atoms with E-state index in [1.807, 2.05) is 0 Å². The van der Waals surface area contributed by atoms with Crippen LogP contribution in [0.3, 0.4) is 0 Å². The van der Waals surface area contributed by atoms with Gasteiger partial charge in [0.05, 0.1) is 0 Å². The van der Waals surface area contributed by atoms with Crippen LogP contribution in [0.1, 0.15) is 6.42 Å². The van der Waals surface area contributed by atoms with E-state index in [1.165, 1.54) is 0 Å². The van der Waals surface area contributed by atoms with Gasteiger partial charge in [-0.1, -0.05) is 6.58 Å². The summed E-state index contributed by atoms with van der Waals surface area (Å²) in [6.45, 7) is 3.53. The summed E-state index contributed by atoms with van der Waals surface area (Å²) in [5, 5.41) is 8.82. The molecule has 0 saturated heterocycles. The molecule has 0 radical (unpaired) electrons. The van der Waals surface area contributed by atoms with Crippen molar-refractivity contribution in [2.45, 2.75) is 12.5 Å². The number of rotatable bonds is 4. The molecular formula is C6H11NO2. The van der Waals surface area contributed by atoms with Crippen LogP contribution in [0.15, 0.2) is 12.7 Å². The Morgan fingerprint density at radius 2 is 2.44 bits per heavy atom. The van der Waals surface area contributed by atoms with Crippen molar-refractivity contribution in [3.8, 4) is 0 Å². The summed E-state index contributed by atoms with van der Waals surface area (Å²) in [6.07, 6.45) is 0.457. The van der Waals surface area contributed by atoms with E-state index in [0.29, 0.717) is 13.0 Å². The van der Waals surface area contributed by atoms with E-state index >= 15 is 0 Å². The first-order chi connectivity index (χ1) is 4.22. The van der Waals surface area contributed by atoms with Crippen molar-refractivity contribution in [2.75, 3.05) is 6.54 Å². The van der Waals surface area contributed by atoms with E-state index < -0.39 is 6.10 Å². The van der Waals surface area contributed by atoms with Gasteiger partial charge in [-0.15, -0.1) is 0 Å². The Bertz CT molecular complexity index is 112. The Kier molecular flexibility index (Phi) is 3.92. The van der Waals surface area contributed by atoms with Gasteiger partial charge in [-0.25, -0.2) is 0 Å². The number of carbonyl (C=O) groups is 1. The van der Waals surface area contributed by atoms with Crippen LogP contribution in [-0.4, -0.2) is 23.5 Å². The summed E-state index contributed by atoms with van der Waals surface area (Å²) in [4.78, 5) is 10.5. The van der Waals surface area contributed by atoms with Gasteiger partial charge in [0.1, 0.15) is 6.10 Å². The Balaban J connectivity index is 3.58. The summed E-state index contributed by atoms with van der Waals surface area (Å²) in [6, 6.07) is 0. The molecule has 9 heavy (non-hydrogen) atoms. The van der Waals surface area contributed by atoms with Crippen LogP contribution < -0.4 is 5.73 Å². The highest BCUT2D eigenvalue weighted by atomic mass is 16.3. The second-order valence-electron chi connectivity index (χ2n) is 1.70. The second kappa shape index (κ2) is 4.23. The zero-order valence-electron chi connectivity index (χ0n) is 5.21. The molecule has 0 aromatic carbocycles. The van der Waals surface area contributed by atoms with Crippen LogP contribution in [0.5, 0.6) is 0 Å². The first-order valence-corrected chi connectivity index (χ1v) is 2.76. The minimum atomic E-state index is -0.951.